The quantitative estimate of drug-likeness (QED) is 0.299. The normalized spacial score (nSPS) is 12.5. The van der Waals surface area contributed by atoms with E-state index in [1.54, 1.807) is 30.6 Å². The summed E-state index contributed by atoms with van der Waals surface area (Å²) in [6, 6.07) is 10.5. The number of rotatable bonds is 7. The van der Waals surface area contributed by atoms with Crippen LogP contribution in [0, 0.1) is 3.57 Å². The topological polar surface area (TPSA) is 99.9 Å². The SMILES string of the molecule is COc1ccc(-n2cnc(C3CC3)c2)cc1C(=O)O.COc1ccc(I)cc1C(=O)OC(C)C. The minimum absolute atomic E-state index is 0.125. The number of imidazole rings is 1. The molecule has 0 amide bonds. The van der Waals surface area contributed by atoms with Crippen LogP contribution in [0.4, 0.5) is 0 Å². The Morgan fingerprint density at radius 1 is 1.06 bits per heavy atom. The number of benzene rings is 2. The highest BCUT2D eigenvalue weighted by atomic mass is 127. The number of hydrogen-bond acceptors (Lipinski definition) is 6. The van der Waals surface area contributed by atoms with E-state index in [1.165, 1.54) is 27.1 Å². The molecule has 1 saturated carbocycles. The van der Waals surface area contributed by atoms with Gasteiger partial charge in [-0.1, -0.05) is 0 Å². The predicted molar refractivity (Wildman–Crippen MR) is 135 cm³/mol. The van der Waals surface area contributed by atoms with Gasteiger partial charge in [-0.05, 0) is 85.7 Å². The first-order valence-corrected chi connectivity index (χ1v) is 11.8. The fraction of sp³-hybridized carbons (Fsp3) is 0.320. The summed E-state index contributed by atoms with van der Waals surface area (Å²) in [5.74, 6) is 0.139. The first kappa shape index (κ1) is 25.5. The Hall–Kier alpha value is -3.08. The number of aromatic nitrogens is 2. The number of carboxylic acid groups (broad SMARTS) is 1. The van der Waals surface area contributed by atoms with Crippen LogP contribution < -0.4 is 9.47 Å². The summed E-state index contributed by atoms with van der Waals surface area (Å²) < 4.78 is 18.1. The number of carbonyl (C=O) groups excluding carboxylic acids is 1. The van der Waals surface area contributed by atoms with E-state index in [0.29, 0.717) is 23.0 Å². The van der Waals surface area contributed by atoms with E-state index >= 15 is 0 Å². The molecule has 0 saturated heterocycles. The molecular weight excluding hydrogens is 551 g/mol. The lowest BCUT2D eigenvalue weighted by molar-refractivity contribution is 0.0374. The monoisotopic (exact) mass is 578 g/mol. The highest BCUT2D eigenvalue weighted by molar-refractivity contribution is 14.1. The van der Waals surface area contributed by atoms with E-state index in [-0.39, 0.29) is 17.6 Å². The average Bonchev–Trinajstić information content (AvgIpc) is 3.55. The van der Waals surface area contributed by atoms with Crippen LogP contribution in [0.15, 0.2) is 48.9 Å². The molecule has 180 valence electrons. The van der Waals surface area contributed by atoms with Gasteiger partial charge in [0.2, 0.25) is 0 Å². The maximum atomic E-state index is 11.7. The summed E-state index contributed by atoms with van der Waals surface area (Å²) in [6.45, 7) is 3.64. The van der Waals surface area contributed by atoms with E-state index in [9.17, 15) is 9.59 Å². The Kier molecular flexibility index (Phi) is 8.54. The number of halogens is 1. The minimum Gasteiger partial charge on any atom is -0.496 e. The fourth-order valence-corrected chi connectivity index (χ4v) is 3.70. The lowest BCUT2D eigenvalue weighted by atomic mass is 10.1. The van der Waals surface area contributed by atoms with Crippen LogP contribution in [-0.4, -0.2) is 46.9 Å². The van der Waals surface area contributed by atoms with Crippen molar-refractivity contribution in [1.29, 1.82) is 0 Å². The zero-order chi connectivity index (χ0) is 24.8. The van der Waals surface area contributed by atoms with Crippen molar-refractivity contribution in [3.8, 4) is 17.2 Å². The van der Waals surface area contributed by atoms with Gasteiger partial charge in [0.25, 0.3) is 0 Å². The van der Waals surface area contributed by atoms with Gasteiger partial charge < -0.3 is 23.9 Å². The fourth-order valence-electron chi connectivity index (χ4n) is 3.21. The van der Waals surface area contributed by atoms with Gasteiger partial charge >= 0.3 is 11.9 Å². The molecule has 2 aromatic carbocycles. The molecule has 1 aromatic heterocycles. The zero-order valence-electron chi connectivity index (χ0n) is 19.4. The first-order chi connectivity index (χ1) is 16.2. The Morgan fingerprint density at radius 2 is 1.71 bits per heavy atom. The Bertz CT molecular complexity index is 1170. The van der Waals surface area contributed by atoms with Gasteiger partial charge in [0.1, 0.15) is 22.6 Å². The largest absolute Gasteiger partial charge is 0.496 e. The molecule has 1 heterocycles. The van der Waals surface area contributed by atoms with Gasteiger partial charge in [0.05, 0.1) is 32.3 Å². The molecule has 34 heavy (non-hydrogen) atoms. The highest BCUT2D eigenvalue weighted by Gasteiger charge is 2.26. The average molecular weight is 578 g/mol. The molecule has 9 heteroatoms. The van der Waals surface area contributed by atoms with Crippen LogP contribution in [0.3, 0.4) is 0 Å². The van der Waals surface area contributed by atoms with Crippen molar-refractivity contribution >= 4 is 34.5 Å². The Balaban J connectivity index is 0.000000197. The molecule has 1 fully saturated rings. The first-order valence-electron chi connectivity index (χ1n) is 10.7. The summed E-state index contributed by atoms with van der Waals surface area (Å²) >= 11 is 2.14. The molecule has 0 atom stereocenters. The summed E-state index contributed by atoms with van der Waals surface area (Å²) in [5.41, 5.74) is 2.48. The summed E-state index contributed by atoms with van der Waals surface area (Å²) in [5, 5.41) is 9.17. The molecule has 0 unspecified atom stereocenters. The van der Waals surface area contributed by atoms with Crippen molar-refractivity contribution < 1.29 is 28.9 Å². The number of nitrogens with zero attached hydrogens (tertiary/aromatic N) is 2. The van der Waals surface area contributed by atoms with Crippen molar-refractivity contribution in [2.24, 2.45) is 0 Å². The third kappa shape index (κ3) is 6.49. The molecule has 0 spiro atoms. The van der Waals surface area contributed by atoms with Gasteiger partial charge in [0.15, 0.2) is 0 Å². The minimum atomic E-state index is -0.999. The molecule has 4 rings (SSSR count). The number of aromatic carboxylic acids is 1. The van der Waals surface area contributed by atoms with Gasteiger partial charge in [0, 0.05) is 21.4 Å². The number of hydrogen-bond donors (Lipinski definition) is 1. The van der Waals surface area contributed by atoms with Crippen LogP contribution >= 0.6 is 22.6 Å². The van der Waals surface area contributed by atoms with Gasteiger partial charge in [-0.15, -0.1) is 0 Å². The molecular formula is C25H27IN2O6. The number of carbonyl (C=O) groups is 2. The van der Waals surface area contributed by atoms with Crippen LogP contribution in [0.1, 0.15) is 59.0 Å². The predicted octanol–water partition coefficient (Wildman–Crippen LogP) is 5.32. The van der Waals surface area contributed by atoms with Crippen molar-refractivity contribution in [2.45, 2.75) is 38.7 Å². The molecule has 8 nitrogen and oxygen atoms in total. The Morgan fingerprint density at radius 3 is 2.29 bits per heavy atom. The van der Waals surface area contributed by atoms with Crippen molar-refractivity contribution in [2.75, 3.05) is 14.2 Å². The maximum Gasteiger partial charge on any atom is 0.342 e. The van der Waals surface area contributed by atoms with E-state index in [0.717, 1.165) is 15.0 Å². The van der Waals surface area contributed by atoms with Crippen molar-refractivity contribution in [3.63, 3.8) is 0 Å². The second-order valence-electron chi connectivity index (χ2n) is 7.97. The number of esters is 1. The number of methoxy groups -OCH3 is 2. The standard InChI is InChI=1S/C14H14N2O3.C11H13IO3/c1-19-13-5-4-10(6-11(13)14(17)18)16-7-12(15-8-16)9-2-3-9;1-7(2)15-11(13)9-6-8(12)4-5-10(9)14-3/h4-9H,2-3H2,1H3,(H,17,18);4-7H,1-3H3. The zero-order valence-corrected chi connectivity index (χ0v) is 21.6. The third-order valence-corrected chi connectivity index (χ3v) is 5.70. The second-order valence-corrected chi connectivity index (χ2v) is 9.21. The smallest absolute Gasteiger partial charge is 0.342 e. The number of ether oxygens (including phenoxy) is 3. The van der Waals surface area contributed by atoms with E-state index < -0.39 is 5.97 Å². The maximum absolute atomic E-state index is 11.7. The lowest BCUT2D eigenvalue weighted by Crippen LogP contribution is -2.12. The van der Waals surface area contributed by atoms with Crippen molar-refractivity contribution in [1.82, 2.24) is 9.55 Å². The summed E-state index contributed by atoms with van der Waals surface area (Å²) in [4.78, 5) is 27.2. The third-order valence-electron chi connectivity index (χ3n) is 5.03. The van der Waals surface area contributed by atoms with E-state index in [2.05, 4.69) is 27.6 Å². The molecule has 1 aliphatic carbocycles. The van der Waals surface area contributed by atoms with Crippen LogP contribution in [-0.2, 0) is 4.74 Å². The molecule has 1 aliphatic rings. The highest BCUT2D eigenvalue weighted by Crippen LogP contribution is 2.39. The van der Waals surface area contributed by atoms with Crippen LogP contribution in [0.2, 0.25) is 0 Å². The lowest BCUT2D eigenvalue weighted by Gasteiger charge is -2.11. The van der Waals surface area contributed by atoms with Gasteiger partial charge in [-0.25, -0.2) is 14.6 Å². The molecule has 0 aliphatic heterocycles. The van der Waals surface area contributed by atoms with E-state index in [4.69, 9.17) is 19.3 Å². The molecule has 3 aromatic rings. The van der Waals surface area contributed by atoms with Crippen LogP contribution in [0.5, 0.6) is 11.5 Å². The van der Waals surface area contributed by atoms with E-state index in [1.807, 2.05) is 36.7 Å². The van der Waals surface area contributed by atoms with Gasteiger partial charge in [-0.2, -0.15) is 0 Å². The van der Waals surface area contributed by atoms with Crippen LogP contribution in [0.25, 0.3) is 5.69 Å². The summed E-state index contributed by atoms with van der Waals surface area (Å²) in [7, 11) is 3.00. The molecule has 0 bridgehead atoms. The molecule has 1 N–H and O–H groups in total. The molecule has 0 radical (unpaired) electrons. The van der Waals surface area contributed by atoms with Gasteiger partial charge in [-0.3, -0.25) is 0 Å². The van der Waals surface area contributed by atoms with Crippen molar-refractivity contribution in [3.05, 3.63) is 69.3 Å². The second kappa shape index (κ2) is 11.4. The summed E-state index contributed by atoms with van der Waals surface area (Å²) in [6.07, 6.45) is 5.95. The Labute approximate surface area is 212 Å². The number of carboxylic acids is 1.